The summed E-state index contributed by atoms with van der Waals surface area (Å²) in [6.07, 6.45) is 6.68. The van der Waals surface area contributed by atoms with Crippen molar-refractivity contribution in [3.05, 3.63) is 28.8 Å². The smallest absolute Gasteiger partial charge is 0.0637 e. The summed E-state index contributed by atoms with van der Waals surface area (Å²) >= 11 is 6.27. The lowest BCUT2D eigenvalue weighted by atomic mass is 9.81. The molecule has 0 spiro atoms. The molecule has 2 heteroatoms. The van der Waals surface area contributed by atoms with E-state index < -0.39 is 0 Å². The molecule has 1 aromatic carbocycles. The van der Waals surface area contributed by atoms with Gasteiger partial charge in [-0.2, -0.15) is 0 Å². The second-order valence-corrected chi connectivity index (χ2v) is 6.89. The van der Waals surface area contributed by atoms with Crippen molar-refractivity contribution in [3.63, 3.8) is 0 Å². The normalized spacial score (nSPS) is 23.6. The van der Waals surface area contributed by atoms with E-state index in [0.717, 1.165) is 22.5 Å². The molecule has 0 amide bonds. The number of rotatable bonds is 4. The molecule has 2 rings (SSSR count). The van der Waals surface area contributed by atoms with Crippen molar-refractivity contribution < 1.29 is 0 Å². The summed E-state index contributed by atoms with van der Waals surface area (Å²) in [6.45, 7) is 6.77. The molecular formula is C17H26ClN. The summed E-state index contributed by atoms with van der Waals surface area (Å²) in [5, 5.41) is 4.51. The minimum absolute atomic E-state index is 0.594. The van der Waals surface area contributed by atoms with Crippen molar-refractivity contribution in [1.82, 2.24) is 0 Å². The number of benzene rings is 1. The standard InChI is InChI=1S/C17H26ClN/c1-12(2)9-14-5-4-6-15(11-14)19-17-10-13(3)7-8-16(17)18/h7-8,10,12,14-15,19H,4-6,9,11H2,1-3H3. The largest absolute Gasteiger partial charge is 0.381 e. The van der Waals surface area contributed by atoms with E-state index in [1.54, 1.807) is 0 Å². The van der Waals surface area contributed by atoms with Gasteiger partial charge in [0.2, 0.25) is 0 Å². The van der Waals surface area contributed by atoms with Crippen LogP contribution in [0.4, 0.5) is 5.69 Å². The maximum atomic E-state index is 6.27. The highest BCUT2D eigenvalue weighted by Crippen LogP contribution is 2.32. The predicted molar refractivity (Wildman–Crippen MR) is 85.0 cm³/mol. The van der Waals surface area contributed by atoms with E-state index in [0.29, 0.717) is 6.04 Å². The highest BCUT2D eigenvalue weighted by molar-refractivity contribution is 6.33. The van der Waals surface area contributed by atoms with Gasteiger partial charge in [-0.1, -0.05) is 44.4 Å². The predicted octanol–water partition coefficient (Wildman–Crippen LogP) is 5.67. The van der Waals surface area contributed by atoms with Gasteiger partial charge in [0.05, 0.1) is 10.7 Å². The first kappa shape index (κ1) is 14.7. The van der Waals surface area contributed by atoms with Crippen molar-refractivity contribution in [2.45, 2.75) is 58.9 Å². The van der Waals surface area contributed by atoms with Crippen molar-refractivity contribution >= 4 is 17.3 Å². The Hall–Kier alpha value is -0.690. The molecule has 0 saturated heterocycles. The fourth-order valence-electron chi connectivity index (χ4n) is 3.27. The third-order valence-corrected chi connectivity index (χ3v) is 4.40. The first-order valence-electron chi connectivity index (χ1n) is 7.57. The Balaban J connectivity index is 1.96. The molecule has 2 unspecified atom stereocenters. The minimum Gasteiger partial charge on any atom is -0.381 e. The third kappa shape index (κ3) is 4.42. The number of nitrogens with one attached hydrogen (secondary N) is 1. The van der Waals surface area contributed by atoms with Gasteiger partial charge in [-0.15, -0.1) is 0 Å². The van der Waals surface area contributed by atoms with Crippen LogP contribution in [0.25, 0.3) is 0 Å². The first-order valence-corrected chi connectivity index (χ1v) is 7.95. The van der Waals surface area contributed by atoms with E-state index in [-0.39, 0.29) is 0 Å². The molecule has 0 aromatic heterocycles. The van der Waals surface area contributed by atoms with Crippen LogP contribution in [0.5, 0.6) is 0 Å². The Morgan fingerprint density at radius 2 is 2.11 bits per heavy atom. The van der Waals surface area contributed by atoms with E-state index in [2.05, 4.69) is 38.2 Å². The van der Waals surface area contributed by atoms with E-state index >= 15 is 0 Å². The molecule has 0 heterocycles. The van der Waals surface area contributed by atoms with Gasteiger partial charge in [-0.05, 0) is 55.7 Å². The number of anilines is 1. The minimum atomic E-state index is 0.594. The molecule has 19 heavy (non-hydrogen) atoms. The molecule has 2 atom stereocenters. The second kappa shape index (κ2) is 6.65. The van der Waals surface area contributed by atoms with Gasteiger partial charge in [0.15, 0.2) is 0 Å². The maximum Gasteiger partial charge on any atom is 0.0637 e. The van der Waals surface area contributed by atoms with Crippen LogP contribution in [0, 0.1) is 18.8 Å². The van der Waals surface area contributed by atoms with Gasteiger partial charge in [0.25, 0.3) is 0 Å². The molecular weight excluding hydrogens is 254 g/mol. The van der Waals surface area contributed by atoms with Gasteiger partial charge in [0.1, 0.15) is 0 Å². The lowest BCUT2D eigenvalue weighted by Crippen LogP contribution is -2.28. The SMILES string of the molecule is Cc1ccc(Cl)c(NC2CCCC(CC(C)C)C2)c1. The number of aryl methyl sites for hydroxylation is 1. The summed E-state index contributed by atoms with van der Waals surface area (Å²) in [5.74, 6) is 1.70. The number of halogens is 1. The van der Waals surface area contributed by atoms with Crippen LogP contribution in [0.15, 0.2) is 18.2 Å². The monoisotopic (exact) mass is 279 g/mol. The van der Waals surface area contributed by atoms with Crippen LogP contribution in [-0.2, 0) is 0 Å². The zero-order chi connectivity index (χ0) is 13.8. The first-order chi connectivity index (χ1) is 9.04. The summed E-state index contributed by atoms with van der Waals surface area (Å²) < 4.78 is 0. The molecule has 1 fully saturated rings. The molecule has 0 bridgehead atoms. The average Bonchev–Trinajstić information content (AvgIpc) is 2.33. The second-order valence-electron chi connectivity index (χ2n) is 6.49. The summed E-state index contributed by atoms with van der Waals surface area (Å²) in [7, 11) is 0. The molecule has 1 saturated carbocycles. The van der Waals surface area contributed by atoms with Gasteiger partial charge < -0.3 is 5.32 Å². The Labute approximate surface area is 122 Å². The van der Waals surface area contributed by atoms with Gasteiger partial charge in [-0.25, -0.2) is 0 Å². The lowest BCUT2D eigenvalue weighted by Gasteiger charge is -2.31. The fourth-order valence-corrected chi connectivity index (χ4v) is 3.44. The highest BCUT2D eigenvalue weighted by atomic mass is 35.5. The maximum absolute atomic E-state index is 6.27. The van der Waals surface area contributed by atoms with Crippen molar-refractivity contribution in [2.75, 3.05) is 5.32 Å². The van der Waals surface area contributed by atoms with Gasteiger partial charge in [-0.3, -0.25) is 0 Å². The van der Waals surface area contributed by atoms with Crippen LogP contribution in [0.1, 0.15) is 51.5 Å². The Bertz CT molecular complexity index is 414. The molecule has 106 valence electrons. The van der Waals surface area contributed by atoms with Crippen LogP contribution in [-0.4, -0.2) is 6.04 Å². The van der Waals surface area contributed by atoms with Crippen LogP contribution < -0.4 is 5.32 Å². The van der Waals surface area contributed by atoms with Crippen molar-refractivity contribution in [1.29, 1.82) is 0 Å². The lowest BCUT2D eigenvalue weighted by molar-refractivity contribution is 0.289. The number of hydrogen-bond acceptors (Lipinski definition) is 1. The van der Waals surface area contributed by atoms with E-state index in [4.69, 9.17) is 11.6 Å². The molecule has 1 N–H and O–H groups in total. The van der Waals surface area contributed by atoms with Crippen LogP contribution in [0.3, 0.4) is 0 Å². The summed E-state index contributed by atoms with van der Waals surface area (Å²) in [6, 6.07) is 6.81. The van der Waals surface area contributed by atoms with Crippen molar-refractivity contribution in [3.8, 4) is 0 Å². The molecule has 1 nitrogen and oxygen atoms in total. The molecule has 1 aromatic rings. The Morgan fingerprint density at radius 3 is 2.84 bits per heavy atom. The summed E-state index contributed by atoms with van der Waals surface area (Å²) in [5.41, 5.74) is 2.37. The quantitative estimate of drug-likeness (QED) is 0.749. The van der Waals surface area contributed by atoms with E-state index in [1.807, 2.05) is 6.07 Å². The zero-order valence-corrected chi connectivity index (χ0v) is 13.1. The topological polar surface area (TPSA) is 12.0 Å². The molecule has 1 aliphatic carbocycles. The zero-order valence-electron chi connectivity index (χ0n) is 12.4. The van der Waals surface area contributed by atoms with Gasteiger partial charge >= 0.3 is 0 Å². The van der Waals surface area contributed by atoms with Crippen molar-refractivity contribution in [2.24, 2.45) is 11.8 Å². The van der Waals surface area contributed by atoms with Crippen LogP contribution >= 0.6 is 11.6 Å². The van der Waals surface area contributed by atoms with Gasteiger partial charge in [0, 0.05) is 6.04 Å². The molecule has 1 aliphatic rings. The fraction of sp³-hybridized carbons (Fsp3) is 0.647. The molecule has 0 aliphatic heterocycles. The summed E-state index contributed by atoms with van der Waals surface area (Å²) in [4.78, 5) is 0. The van der Waals surface area contributed by atoms with E-state index in [9.17, 15) is 0 Å². The average molecular weight is 280 g/mol. The van der Waals surface area contributed by atoms with Crippen LogP contribution in [0.2, 0.25) is 5.02 Å². The molecule has 0 radical (unpaired) electrons. The third-order valence-electron chi connectivity index (χ3n) is 4.07. The van der Waals surface area contributed by atoms with E-state index in [1.165, 1.54) is 37.7 Å². The Kier molecular flexibility index (Phi) is 5.15. The highest BCUT2D eigenvalue weighted by Gasteiger charge is 2.22. The Morgan fingerprint density at radius 1 is 1.32 bits per heavy atom. The number of hydrogen-bond donors (Lipinski definition) is 1.